The fourth-order valence-corrected chi connectivity index (χ4v) is 3.31. The maximum atomic E-state index is 14.1. The summed E-state index contributed by atoms with van der Waals surface area (Å²) in [6.45, 7) is 0.806. The Hall–Kier alpha value is -3.15. The number of carbonyl (C=O) groups excluding carboxylic acids is 1. The van der Waals surface area contributed by atoms with Gasteiger partial charge in [0, 0.05) is 30.7 Å². The van der Waals surface area contributed by atoms with Crippen molar-refractivity contribution in [1.29, 1.82) is 0 Å². The maximum absolute atomic E-state index is 14.1. The number of likely N-dealkylation sites (N-methyl/N-ethyl adjacent to an activating group) is 1. The van der Waals surface area contributed by atoms with Crippen LogP contribution in [0.3, 0.4) is 0 Å². The third-order valence-electron chi connectivity index (χ3n) is 4.51. The van der Waals surface area contributed by atoms with Crippen molar-refractivity contribution in [2.45, 2.75) is 12.6 Å². The second-order valence-electron chi connectivity index (χ2n) is 6.21. The molecule has 0 saturated heterocycles. The third kappa shape index (κ3) is 2.94. The van der Waals surface area contributed by atoms with Crippen LogP contribution in [0.1, 0.15) is 5.56 Å². The monoisotopic (exact) mass is 351 g/mol. The second kappa shape index (κ2) is 6.63. The van der Waals surface area contributed by atoms with Crippen LogP contribution in [0.4, 0.5) is 10.1 Å². The SMILES string of the molecule is CNC(=O)C1CN(Cc2cc(F)cc3cccnc23)c2ccccc2O1. The summed E-state index contributed by atoms with van der Waals surface area (Å²) in [5.74, 6) is 0.151. The van der Waals surface area contributed by atoms with Crippen molar-refractivity contribution in [2.75, 3.05) is 18.5 Å². The molecule has 4 rings (SSSR count). The quantitative estimate of drug-likeness (QED) is 0.788. The molecule has 1 atom stereocenters. The highest BCUT2D eigenvalue weighted by atomic mass is 19.1. The summed E-state index contributed by atoms with van der Waals surface area (Å²) in [7, 11) is 1.58. The smallest absolute Gasteiger partial charge is 0.262 e. The number of anilines is 1. The molecule has 1 aliphatic heterocycles. The Morgan fingerprint density at radius 3 is 3.00 bits per heavy atom. The fourth-order valence-electron chi connectivity index (χ4n) is 3.31. The molecule has 5 nitrogen and oxygen atoms in total. The number of pyridine rings is 1. The number of hydrogen-bond acceptors (Lipinski definition) is 4. The number of para-hydroxylation sites is 2. The fraction of sp³-hybridized carbons (Fsp3) is 0.200. The Balaban J connectivity index is 1.74. The summed E-state index contributed by atoms with van der Waals surface area (Å²) in [4.78, 5) is 18.5. The lowest BCUT2D eigenvalue weighted by molar-refractivity contribution is -0.127. The van der Waals surface area contributed by atoms with E-state index in [1.807, 2.05) is 35.2 Å². The van der Waals surface area contributed by atoms with Gasteiger partial charge < -0.3 is 15.0 Å². The normalized spacial score (nSPS) is 16.1. The van der Waals surface area contributed by atoms with Crippen molar-refractivity contribution in [3.63, 3.8) is 0 Å². The lowest BCUT2D eigenvalue weighted by atomic mass is 10.1. The predicted molar refractivity (Wildman–Crippen MR) is 97.7 cm³/mol. The van der Waals surface area contributed by atoms with E-state index in [1.54, 1.807) is 19.3 Å². The van der Waals surface area contributed by atoms with Gasteiger partial charge in [-0.2, -0.15) is 0 Å². The van der Waals surface area contributed by atoms with Crippen molar-refractivity contribution < 1.29 is 13.9 Å². The van der Waals surface area contributed by atoms with E-state index in [-0.39, 0.29) is 11.7 Å². The molecule has 1 amide bonds. The number of halogens is 1. The molecule has 2 aromatic carbocycles. The molecule has 0 saturated carbocycles. The van der Waals surface area contributed by atoms with E-state index in [1.165, 1.54) is 12.1 Å². The molecule has 1 aliphatic rings. The van der Waals surface area contributed by atoms with Crippen LogP contribution in [0.5, 0.6) is 5.75 Å². The van der Waals surface area contributed by atoms with Crippen LogP contribution >= 0.6 is 0 Å². The molecule has 132 valence electrons. The van der Waals surface area contributed by atoms with Crippen molar-refractivity contribution >= 4 is 22.5 Å². The molecule has 1 aromatic heterocycles. The molecule has 0 bridgehead atoms. The van der Waals surface area contributed by atoms with Gasteiger partial charge in [-0.3, -0.25) is 9.78 Å². The molecule has 1 N–H and O–H groups in total. The van der Waals surface area contributed by atoms with Gasteiger partial charge in [0.25, 0.3) is 5.91 Å². The molecule has 2 heterocycles. The highest BCUT2D eigenvalue weighted by Gasteiger charge is 2.30. The van der Waals surface area contributed by atoms with E-state index >= 15 is 0 Å². The number of carbonyl (C=O) groups is 1. The summed E-state index contributed by atoms with van der Waals surface area (Å²) >= 11 is 0. The third-order valence-corrected chi connectivity index (χ3v) is 4.51. The van der Waals surface area contributed by atoms with Crippen molar-refractivity contribution in [1.82, 2.24) is 10.3 Å². The predicted octanol–water partition coefficient (Wildman–Crippen LogP) is 2.89. The minimum absolute atomic E-state index is 0.188. The first-order chi connectivity index (χ1) is 12.7. The molecule has 0 spiro atoms. The standard InChI is InChI=1S/C20H18FN3O2/c1-22-20(25)18-12-24(16-6-2-3-7-17(16)26-18)11-14-10-15(21)9-13-5-4-8-23-19(13)14/h2-10,18H,11-12H2,1H3,(H,22,25). The number of ether oxygens (including phenoxy) is 1. The molecular formula is C20H18FN3O2. The van der Waals surface area contributed by atoms with Gasteiger partial charge in [-0.05, 0) is 30.3 Å². The second-order valence-corrected chi connectivity index (χ2v) is 6.21. The summed E-state index contributed by atoms with van der Waals surface area (Å²) < 4.78 is 19.9. The van der Waals surface area contributed by atoms with Gasteiger partial charge in [-0.25, -0.2) is 4.39 Å². The number of aromatic nitrogens is 1. The first-order valence-corrected chi connectivity index (χ1v) is 8.41. The molecule has 0 radical (unpaired) electrons. The molecule has 0 aliphatic carbocycles. The van der Waals surface area contributed by atoms with E-state index in [2.05, 4.69) is 10.3 Å². The van der Waals surface area contributed by atoms with Crippen LogP contribution in [0, 0.1) is 5.82 Å². The number of fused-ring (bicyclic) bond motifs is 2. The molecule has 6 heteroatoms. The number of amides is 1. The molecular weight excluding hydrogens is 333 g/mol. The summed E-state index contributed by atoms with van der Waals surface area (Å²) in [6.07, 6.45) is 1.08. The van der Waals surface area contributed by atoms with Crippen molar-refractivity contribution in [2.24, 2.45) is 0 Å². The van der Waals surface area contributed by atoms with Gasteiger partial charge in [-0.1, -0.05) is 18.2 Å². The molecule has 0 fully saturated rings. The Kier molecular flexibility index (Phi) is 4.16. The Bertz CT molecular complexity index is 976. The Morgan fingerprint density at radius 1 is 1.31 bits per heavy atom. The van der Waals surface area contributed by atoms with Gasteiger partial charge in [0.15, 0.2) is 6.10 Å². The van der Waals surface area contributed by atoms with Gasteiger partial charge >= 0.3 is 0 Å². The van der Waals surface area contributed by atoms with E-state index in [0.29, 0.717) is 18.8 Å². The van der Waals surface area contributed by atoms with E-state index in [9.17, 15) is 9.18 Å². The highest BCUT2D eigenvalue weighted by Crippen LogP contribution is 2.34. The van der Waals surface area contributed by atoms with E-state index in [4.69, 9.17) is 4.74 Å². The first-order valence-electron chi connectivity index (χ1n) is 8.41. The Labute approximate surface area is 150 Å². The minimum atomic E-state index is -0.623. The molecule has 3 aromatic rings. The number of hydrogen-bond donors (Lipinski definition) is 1. The summed E-state index contributed by atoms with van der Waals surface area (Å²) in [5.41, 5.74) is 2.41. The van der Waals surface area contributed by atoms with Crippen LogP contribution < -0.4 is 15.0 Å². The summed E-state index contributed by atoms with van der Waals surface area (Å²) in [6, 6.07) is 14.2. The molecule has 1 unspecified atom stereocenters. The van der Waals surface area contributed by atoms with Gasteiger partial charge in [0.1, 0.15) is 11.6 Å². The number of nitrogens with zero attached hydrogens (tertiary/aromatic N) is 2. The lowest BCUT2D eigenvalue weighted by Gasteiger charge is -2.35. The van der Waals surface area contributed by atoms with Gasteiger partial charge in [-0.15, -0.1) is 0 Å². The minimum Gasteiger partial charge on any atom is -0.477 e. The van der Waals surface area contributed by atoms with Crippen LogP contribution in [0.25, 0.3) is 10.9 Å². The average Bonchev–Trinajstić information content (AvgIpc) is 2.67. The zero-order valence-corrected chi connectivity index (χ0v) is 14.3. The summed E-state index contributed by atoms with van der Waals surface area (Å²) in [5, 5.41) is 3.38. The van der Waals surface area contributed by atoms with Crippen LogP contribution in [-0.2, 0) is 11.3 Å². The first kappa shape index (κ1) is 16.3. The van der Waals surface area contributed by atoms with Crippen LogP contribution in [0.2, 0.25) is 0 Å². The number of benzene rings is 2. The lowest BCUT2D eigenvalue weighted by Crippen LogP contribution is -2.48. The number of rotatable bonds is 3. The highest BCUT2D eigenvalue weighted by molar-refractivity contribution is 5.84. The van der Waals surface area contributed by atoms with Crippen molar-refractivity contribution in [3.8, 4) is 5.75 Å². The van der Waals surface area contributed by atoms with Gasteiger partial charge in [0.2, 0.25) is 0 Å². The van der Waals surface area contributed by atoms with E-state index in [0.717, 1.165) is 22.2 Å². The zero-order chi connectivity index (χ0) is 18.1. The topological polar surface area (TPSA) is 54.5 Å². The average molecular weight is 351 g/mol. The van der Waals surface area contributed by atoms with Crippen LogP contribution in [0.15, 0.2) is 54.7 Å². The maximum Gasteiger partial charge on any atom is 0.262 e. The van der Waals surface area contributed by atoms with Crippen LogP contribution in [-0.4, -0.2) is 30.6 Å². The largest absolute Gasteiger partial charge is 0.477 e. The van der Waals surface area contributed by atoms with Gasteiger partial charge in [0.05, 0.1) is 17.7 Å². The zero-order valence-electron chi connectivity index (χ0n) is 14.3. The van der Waals surface area contributed by atoms with Crippen molar-refractivity contribution in [3.05, 3.63) is 66.1 Å². The molecule has 26 heavy (non-hydrogen) atoms. The Morgan fingerprint density at radius 2 is 2.15 bits per heavy atom. The number of nitrogens with one attached hydrogen (secondary N) is 1. The van der Waals surface area contributed by atoms with E-state index < -0.39 is 6.10 Å².